The van der Waals surface area contributed by atoms with Crippen LogP contribution >= 0.6 is 0 Å². The molecule has 82 valence electrons. The van der Waals surface area contributed by atoms with Crippen molar-refractivity contribution in [2.75, 3.05) is 6.54 Å². The second kappa shape index (κ2) is 3.95. The monoisotopic (exact) mass is 205 g/mol. The molecule has 1 aliphatic heterocycles. The van der Waals surface area contributed by atoms with E-state index in [1.807, 2.05) is 26.0 Å². The average molecular weight is 205 g/mol. The predicted octanol–water partition coefficient (Wildman–Crippen LogP) is 2.34. The largest absolute Gasteiger partial charge is 0.386 e. The van der Waals surface area contributed by atoms with Gasteiger partial charge in [0.05, 0.1) is 5.60 Å². The smallest absolute Gasteiger partial charge is 0.0840 e. The second-order valence-electron chi connectivity index (χ2n) is 4.83. The molecule has 2 rings (SSSR count). The molecule has 2 heteroatoms. The minimum atomic E-state index is -0.741. The molecule has 1 aliphatic rings. The Morgan fingerprint density at radius 1 is 1.40 bits per heavy atom. The number of rotatable bonds is 2. The van der Waals surface area contributed by atoms with E-state index in [9.17, 15) is 5.11 Å². The van der Waals surface area contributed by atoms with E-state index in [1.54, 1.807) is 0 Å². The van der Waals surface area contributed by atoms with Crippen LogP contribution in [0.5, 0.6) is 0 Å². The average Bonchev–Trinajstić information content (AvgIpc) is 2.69. The molecule has 0 bridgehead atoms. The molecule has 2 nitrogen and oxygen atoms in total. The van der Waals surface area contributed by atoms with E-state index in [-0.39, 0.29) is 0 Å². The first-order chi connectivity index (χ1) is 7.07. The molecule has 0 spiro atoms. The Morgan fingerprint density at radius 3 is 2.80 bits per heavy atom. The van der Waals surface area contributed by atoms with Gasteiger partial charge in [0.25, 0.3) is 0 Å². The van der Waals surface area contributed by atoms with Gasteiger partial charge in [0, 0.05) is 6.04 Å². The fourth-order valence-corrected chi connectivity index (χ4v) is 2.11. The van der Waals surface area contributed by atoms with Gasteiger partial charge in [-0.05, 0) is 44.4 Å². The zero-order valence-electron chi connectivity index (χ0n) is 9.46. The highest BCUT2D eigenvalue weighted by molar-refractivity contribution is 5.29. The fraction of sp³-hybridized carbons (Fsp3) is 0.538. The fourth-order valence-electron chi connectivity index (χ4n) is 2.11. The van der Waals surface area contributed by atoms with Crippen LogP contribution < -0.4 is 5.32 Å². The second-order valence-corrected chi connectivity index (χ2v) is 4.83. The van der Waals surface area contributed by atoms with E-state index in [0.29, 0.717) is 6.04 Å². The molecule has 1 saturated heterocycles. The quantitative estimate of drug-likeness (QED) is 0.776. The lowest BCUT2D eigenvalue weighted by Gasteiger charge is -2.20. The summed E-state index contributed by atoms with van der Waals surface area (Å²) in [6, 6.07) is 8.75. The zero-order chi connectivity index (χ0) is 10.9. The summed E-state index contributed by atoms with van der Waals surface area (Å²) in [6.07, 6.45) is 2.45. The molecule has 0 saturated carbocycles. The first-order valence-corrected chi connectivity index (χ1v) is 5.63. The van der Waals surface area contributed by atoms with Crippen molar-refractivity contribution in [3.63, 3.8) is 0 Å². The number of hydrogen-bond donors (Lipinski definition) is 2. The van der Waals surface area contributed by atoms with Crippen LogP contribution in [0.2, 0.25) is 0 Å². The van der Waals surface area contributed by atoms with Crippen LogP contribution in [0.15, 0.2) is 24.3 Å². The van der Waals surface area contributed by atoms with Gasteiger partial charge >= 0.3 is 0 Å². The van der Waals surface area contributed by atoms with Gasteiger partial charge in [-0.3, -0.25) is 0 Å². The van der Waals surface area contributed by atoms with E-state index < -0.39 is 5.60 Å². The standard InChI is InChI=1S/C13H19NO/c1-13(2,15)11-6-3-5-10(9-11)12-7-4-8-14-12/h3,5-6,9,12,14-15H,4,7-8H2,1-2H3. The molecule has 2 N–H and O–H groups in total. The molecule has 1 atom stereocenters. The molecule has 1 unspecified atom stereocenters. The van der Waals surface area contributed by atoms with Crippen LogP contribution in [0.3, 0.4) is 0 Å². The molecule has 1 heterocycles. The van der Waals surface area contributed by atoms with Crippen LogP contribution in [0.4, 0.5) is 0 Å². The van der Waals surface area contributed by atoms with Crippen molar-refractivity contribution in [1.82, 2.24) is 5.32 Å². The van der Waals surface area contributed by atoms with Gasteiger partial charge in [0.1, 0.15) is 0 Å². The Labute approximate surface area is 91.3 Å². The minimum Gasteiger partial charge on any atom is -0.386 e. The molecular formula is C13H19NO. The molecule has 1 aromatic rings. The van der Waals surface area contributed by atoms with Gasteiger partial charge in [-0.15, -0.1) is 0 Å². The summed E-state index contributed by atoms with van der Waals surface area (Å²) in [7, 11) is 0. The van der Waals surface area contributed by atoms with Crippen molar-refractivity contribution in [1.29, 1.82) is 0 Å². The zero-order valence-corrected chi connectivity index (χ0v) is 9.46. The van der Waals surface area contributed by atoms with Crippen molar-refractivity contribution in [3.8, 4) is 0 Å². The maximum absolute atomic E-state index is 9.94. The highest BCUT2D eigenvalue weighted by atomic mass is 16.3. The highest BCUT2D eigenvalue weighted by Gasteiger charge is 2.20. The summed E-state index contributed by atoms with van der Waals surface area (Å²) in [5.74, 6) is 0. The van der Waals surface area contributed by atoms with Gasteiger partial charge in [0.2, 0.25) is 0 Å². The molecule has 0 radical (unpaired) electrons. The topological polar surface area (TPSA) is 32.3 Å². The normalized spacial score (nSPS) is 21.9. The molecule has 1 fully saturated rings. The van der Waals surface area contributed by atoms with E-state index in [2.05, 4.69) is 17.4 Å². The number of hydrogen-bond acceptors (Lipinski definition) is 2. The van der Waals surface area contributed by atoms with Crippen LogP contribution in [0, 0.1) is 0 Å². The number of nitrogens with one attached hydrogen (secondary N) is 1. The third-order valence-electron chi connectivity index (χ3n) is 3.06. The molecule has 1 aromatic carbocycles. The van der Waals surface area contributed by atoms with E-state index >= 15 is 0 Å². The Balaban J connectivity index is 2.26. The Morgan fingerprint density at radius 2 is 2.20 bits per heavy atom. The van der Waals surface area contributed by atoms with Gasteiger partial charge in [-0.25, -0.2) is 0 Å². The lowest BCUT2D eigenvalue weighted by Crippen LogP contribution is -2.17. The summed E-state index contributed by atoms with van der Waals surface area (Å²) in [5, 5.41) is 13.4. The first kappa shape index (κ1) is 10.7. The summed E-state index contributed by atoms with van der Waals surface area (Å²) < 4.78 is 0. The molecule has 15 heavy (non-hydrogen) atoms. The van der Waals surface area contributed by atoms with Crippen molar-refractivity contribution in [3.05, 3.63) is 35.4 Å². The van der Waals surface area contributed by atoms with E-state index in [0.717, 1.165) is 12.1 Å². The van der Waals surface area contributed by atoms with Crippen molar-refractivity contribution >= 4 is 0 Å². The number of aliphatic hydroxyl groups is 1. The van der Waals surface area contributed by atoms with Crippen molar-refractivity contribution < 1.29 is 5.11 Å². The van der Waals surface area contributed by atoms with Crippen LogP contribution in [0.25, 0.3) is 0 Å². The van der Waals surface area contributed by atoms with Gasteiger partial charge in [0.15, 0.2) is 0 Å². The van der Waals surface area contributed by atoms with Gasteiger partial charge < -0.3 is 10.4 Å². The highest BCUT2D eigenvalue weighted by Crippen LogP contribution is 2.27. The van der Waals surface area contributed by atoms with E-state index in [4.69, 9.17) is 0 Å². The molecule has 0 aliphatic carbocycles. The first-order valence-electron chi connectivity index (χ1n) is 5.63. The van der Waals surface area contributed by atoms with Crippen LogP contribution in [0.1, 0.15) is 43.9 Å². The lowest BCUT2D eigenvalue weighted by atomic mass is 9.94. The summed E-state index contributed by atoms with van der Waals surface area (Å²) in [4.78, 5) is 0. The molecular weight excluding hydrogens is 186 g/mol. The molecule has 0 aromatic heterocycles. The Bertz CT molecular complexity index is 335. The minimum absolute atomic E-state index is 0.479. The van der Waals surface area contributed by atoms with E-state index in [1.165, 1.54) is 18.4 Å². The maximum atomic E-state index is 9.94. The third kappa shape index (κ3) is 2.39. The van der Waals surface area contributed by atoms with Crippen LogP contribution in [-0.2, 0) is 5.60 Å². The summed E-state index contributed by atoms with van der Waals surface area (Å²) >= 11 is 0. The summed E-state index contributed by atoms with van der Waals surface area (Å²) in [5.41, 5.74) is 1.55. The number of benzene rings is 1. The van der Waals surface area contributed by atoms with Gasteiger partial charge in [-0.1, -0.05) is 24.3 Å². The van der Waals surface area contributed by atoms with Crippen LogP contribution in [-0.4, -0.2) is 11.7 Å². The maximum Gasteiger partial charge on any atom is 0.0840 e. The Hall–Kier alpha value is -0.860. The summed E-state index contributed by atoms with van der Waals surface area (Å²) in [6.45, 7) is 4.76. The van der Waals surface area contributed by atoms with Crippen molar-refractivity contribution in [2.45, 2.75) is 38.3 Å². The Kier molecular flexibility index (Phi) is 2.81. The predicted molar refractivity (Wildman–Crippen MR) is 61.7 cm³/mol. The van der Waals surface area contributed by atoms with Gasteiger partial charge in [-0.2, -0.15) is 0 Å². The van der Waals surface area contributed by atoms with Crippen molar-refractivity contribution in [2.24, 2.45) is 0 Å². The SMILES string of the molecule is CC(C)(O)c1cccc(C2CCCN2)c1. The lowest BCUT2D eigenvalue weighted by molar-refractivity contribution is 0.0785. The molecule has 0 amide bonds. The third-order valence-corrected chi connectivity index (χ3v) is 3.06.